The van der Waals surface area contributed by atoms with Gasteiger partial charge in [-0.1, -0.05) is 11.3 Å². The van der Waals surface area contributed by atoms with E-state index in [4.69, 9.17) is 18.7 Å². The molecule has 0 bridgehead atoms. The van der Waals surface area contributed by atoms with E-state index in [-0.39, 0.29) is 24.2 Å². The van der Waals surface area contributed by atoms with Gasteiger partial charge in [-0.3, -0.25) is 4.79 Å². The van der Waals surface area contributed by atoms with Crippen LogP contribution in [0.5, 0.6) is 11.1 Å². The molecule has 35 heavy (non-hydrogen) atoms. The van der Waals surface area contributed by atoms with E-state index in [0.29, 0.717) is 29.9 Å². The summed E-state index contributed by atoms with van der Waals surface area (Å²) < 4.78 is 47.4. The first-order valence-corrected chi connectivity index (χ1v) is 12.9. The zero-order valence-electron chi connectivity index (χ0n) is 20.3. The summed E-state index contributed by atoms with van der Waals surface area (Å²) in [5.41, 5.74) is 0.970. The molecule has 0 radical (unpaired) electrons. The first kappa shape index (κ1) is 26.0. The van der Waals surface area contributed by atoms with Gasteiger partial charge in [0.1, 0.15) is 11.5 Å². The Morgan fingerprint density at radius 3 is 2.86 bits per heavy atom. The second-order valence-corrected chi connectivity index (χ2v) is 10.5. The molecule has 0 aliphatic carbocycles. The number of ketones is 1. The Labute approximate surface area is 207 Å². The number of carbonyl (C=O) groups excluding carboxylic acids is 1. The van der Waals surface area contributed by atoms with Crippen LogP contribution in [0.15, 0.2) is 10.6 Å². The average molecular weight is 514 g/mol. The smallest absolute Gasteiger partial charge is 0.278 e. The number of alkyl halides is 2. The molecular formula is C24H33F2N3O5S. The van der Waals surface area contributed by atoms with Gasteiger partial charge in [0, 0.05) is 50.3 Å². The van der Waals surface area contributed by atoms with Crippen molar-refractivity contribution in [3.05, 3.63) is 22.4 Å². The Morgan fingerprint density at radius 2 is 2.14 bits per heavy atom. The van der Waals surface area contributed by atoms with E-state index in [1.807, 2.05) is 0 Å². The predicted molar refractivity (Wildman–Crippen MR) is 126 cm³/mol. The summed E-state index contributed by atoms with van der Waals surface area (Å²) in [5, 5.41) is 4.07. The van der Waals surface area contributed by atoms with Crippen LogP contribution >= 0.6 is 11.3 Å². The molecule has 4 rings (SSSR count). The SMILES string of the molecule is COc1cc(CC(=O)C[C@H]2CC[C@H](CCN3CCc4nc(OCC(C)(F)F)sc4CC3)OC2)on1. The third-order valence-electron chi connectivity index (χ3n) is 6.39. The molecule has 1 fully saturated rings. The zero-order chi connectivity index (χ0) is 24.8. The maximum Gasteiger partial charge on any atom is 0.278 e. The number of aromatic nitrogens is 2. The standard InChI is InChI=1S/C24H33F2N3O5S/c1-24(25,26)15-33-23-27-20-6-9-29(10-7-21(20)35-23)8-5-18-4-3-16(14-32-18)11-17(30)12-19-13-22(31-2)28-34-19/h13,16,18H,3-12,14-15H2,1-2H3/t16-,18-/m1/s1. The van der Waals surface area contributed by atoms with E-state index >= 15 is 0 Å². The molecule has 0 aromatic carbocycles. The van der Waals surface area contributed by atoms with Crippen LogP contribution in [0.25, 0.3) is 0 Å². The largest absolute Gasteiger partial charge is 0.479 e. The Morgan fingerprint density at radius 1 is 1.31 bits per heavy atom. The topological polar surface area (TPSA) is 86.9 Å². The van der Waals surface area contributed by atoms with Crippen LogP contribution in [0.2, 0.25) is 0 Å². The lowest BCUT2D eigenvalue weighted by Gasteiger charge is -2.30. The third kappa shape index (κ3) is 7.94. The van der Waals surface area contributed by atoms with Crippen molar-refractivity contribution in [1.82, 2.24) is 15.0 Å². The minimum absolute atomic E-state index is 0.124. The third-order valence-corrected chi connectivity index (χ3v) is 7.46. The highest BCUT2D eigenvalue weighted by Crippen LogP contribution is 2.30. The molecule has 0 unspecified atom stereocenters. The van der Waals surface area contributed by atoms with Gasteiger partial charge in [-0.15, -0.1) is 0 Å². The predicted octanol–water partition coefficient (Wildman–Crippen LogP) is 3.96. The maximum atomic E-state index is 13.0. The van der Waals surface area contributed by atoms with Crippen LogP contribution in [0, 0.1) is 5.92 Å². The van der Waals surface area contributed by atoms with Crippen molar-refractivity contribution in [3.8, 4) is 11.1 Å². The average Bonchev–Trinajstić information content (AvgIpc) is 3.39. The second kappa shape index (κ2) is 11.7. The van der Waals surface area contributed by atoms with Crippen molar-refractivity contribution in [2.75, 3.05) is 40.0 Å². The molecule has 194 valence electrons. The van der Waals surface area contributed by atoms with Crippen molar-refractivity contribution in [2.24, 2.45) is 5.92 Å². The molecule has 11 heteroatoms. The van der Waals surface area contributed by atoms with Crippen LogP contribution in [-0.2, 0) is 28.8 Å². The fourth-order valence-electron chi connectivity index (χ4n) is 4.50. The first-order chi connectivity index (χ1) is 16.8. The number of fused-ring (bicyclic) bond motifs is 1. The summed E-state index contributed by atoms with van der Waals surface area (Å²) >= 11 is 1.38. The van der Waals surface area contributed by atoms with E-state index in [9.17, 15) is 13.6 Å². The van der Waals surface area contributed by atoms with Gasteiger partial charge in [0.15, 0.2) is 6.61 Å². The number of rotatable bonds is 11. The molecule has 2 atom stereocenters. The summed E-state index contributed by atoms with van der Waals surface area (Å²) in [6.45, 7) is 3.56. The van der Waals surface area contributed by atoms with E-state index in [2.05, 4.69) is 15.0 Å². The van der Waals surface area contributed by atoms with E-state index in [0.717, 1.165) is 69.2 Å². The molecule has 0 spiro atoms. The zero-order valence-corrected chi connectivity index (χ0v) is 21.1. The summed E-state index contributed by atoms with van der Waals surface area (Å²) in [4.78, 5) is 20.3. The number of thiazole rings is 1. The van der Waals surface area contributed by atoms with Crippen LogP contribution < -0.4 is 9.47 Å². The van der Waals surface area contributed by atoms with Crippen LogP contribution in [-0.4, -0.2) is 72.8 Å². The van der Waals surface area contributed by atoms with Crippen LogP contribution in [0.1, 0.15) is 48.9 Å². The van der Waals surface area contributed by atoms with E-state index < -0.39 is 12.5 Å². The van der Waals surface area contributed by atoms with Gasteiger partial charge in [0.2, 0.25) is 0 Å². The summed E-state index contributed by atoms with van der Waals surface area (Å²) in [6.07, 6.45) is 5.47. The number of hydrogen-bond donors (Lipinski definition) is 0. The van der Waals surface area contributed by atoms with Crippen molar-refractivity contribution in [3.63, 3.8) is 0 Å². The van der Waals surface area contributed by atoms with Crippen molar-refractivity contribution in [2.45, 2.75) is 63.9 Å². The van der Waals surface area contributed by atoms with Gasteiger partial charge in [0.05, 0.1) is 31.9 Å². The molecule has 8 nitrogen and oxygen atoms in total. The highest BCUT2D eigenvalue weighted by molar-refractivity contribution is 7.13. The molecule has 0 amide bonds. The van der Waals surface area contributed by atoms with Gasteiger partial charge in [-0.05, 0) is 36.8 Å². The lowest BCUT2D eigenvalue weighted by molar-refractivity contribution is -0.121. The molecule has 4 heterocycles. The van der Waals surface area contributed by atoms with Gasteiger partial charge >= 0.3 is 0 Å². The fraction of sp³-hybridized carbons (Fsp3) is 0.708. The number of methoxy groups -OCH3 is 1. The molecule has 2 aliphatic rings. The number of ether oxygens (including phenoxy) is 3. The quantitative estimate of drug-likeness (QED) is 0.446. The Kier molecular flexibility index (Phi) is 8.72. The molecule has 1 saturated heterocycles. The number of Topliss-reactive ketones (excluding diaryl/α,β-unsaturated/α-hetero) is 1. The Hall–Kier alpha value is -2.11. The summed E-state index contributed by atoms with van der Waals surface area (Å²) in [6, 6.07) is 1.64. The molecule has 2 aromatic heterocycles. The molecule has 0 saturated carbocycles. The lowest BCUT2D eigenvalue weighted by Crippen LogP contribution is -2.33. The highest BCUT2D eigenvalue weighted by atomic mass is 32.1. The van der Waals surface area contributed by atoms with Crippen LogP contribution in [0.4, 0.5) is 8.78 Å². The highest BCUT2D eigenvalue weighted by Gasteiger charge is 2.27. The number of carbonyl (C=O) groups is 1. The van der Waals surface area contributed by atoms with E-state index in [1.54, 1.807) is 6.07 Å². The van der Waals surface area contributed by atoms with Gasteiger partial charge < -0.3 is 23.6 Å². The summed E-state index contributed by atoms with van der Waals surface area (Å²) in [7, 11) is 1.51. The minimum atomic E-state index is -2.86. The molecular weight excluding hydrogens is 480 g/mol. The monoisotopic (exact) mass is 513 g/mol. The Balaban J connectivity index is 1.13. The fourth-order valence-corrected chi connectivity index (χ4v) is 5.44. The Bertz CT molecular complexity index is 943. The number of halogens is 2. The number of nitrogens with zero attached hydrogens (tertiary/aromatic N) is 3. The maximum absolute atomic E-state index is 13.0. The molecule has 2 aromatic rings. The van der Waals surface area contributed by atoms with Crippen molar-refractivity contribution in [1.29, 1.82) is 0 Å². The second-order valence-electron chi connectivity index (χ2n) is 9.49. The van der Waals surface area contributed by atoms with Gasteiger partial charge in [0.25, 0.3) is 17.0 Å². The van der Waals surface area contributed by atoms with E-state index in [1.165, 1.54) is 18.4 Å². The molecule has 2 aliphatic heterocycles. The molecule has 0 N–H and O–H groups in total. The minimum Gasteiger partial charge on any atom is -0.479 e. The number of hydrogen-bond acceptors (Lipinski definition) is 9. The summed E-state index contributed by atoms with van der Waals surface area (Å²) in [5.74, 6) is -1.59. The first-order valence-electron chi connectivity index (χ1n) is 12.1. The lowest BCUT2D eigenvalue weighted by atomic mass is 9.91. The van der Waals surface area contributed by atoms with Crippen LogP contribution in [0.3, 0.4) is 0 Å². The van der Waals surface area contributed by atoms with Gasteiger partial charge in [-0.2, -0.15) is 0 Å². The van der Waals surface area contributed by atoms with Crippen molar-refractivity contribution < 1.29 is 32.3 Å². The van der Waals surface area contributed by atoms with Crippen molar-refractivity contribution >= 4 is 17.1 Å². The normalized spacial score (nSPS) is 21.4. The van der Waals surface area contributed by atoms with Gasteiger partial charge in [-0.25, -0.2) is 13.8 Å².